The van der Waals surface area contributed by atoms with Crippen LogP contribution in [-0.2, 0) is 19.0 Å². The van der Waals surface area contributed by atoms with E-state index in [2.05, 4.69) is 32.9 Å². The molecule has 0 radical (unpaired) electrons. The highest BCUT2D eigenvalue weighted by Crippen LogP contribution is 2.27. The SMILES string of the molecule is Cc1c(CN)c(=O)n(C)c2ccc(C(C)(C)C)cc12. The highest BCUT2D eigenvalue weighted by atomic mass is 16.1. The highest BCUT2D eigenvalue weighted by Gasteiger charge is 2.16. The van der Waals surface area contributed by atoms with Crippen LogP contribution in [0.1, 0.15) is 37.5 Å². The van der Waals surface area contributed by atoms with Crippen molar-refractivity contribution in [2.24, 2.45) is 12.8 Å². The number of benzene rings is 1. The van der Waals surface area contributed by atoms with Crippen LogP contribution in [-0.4, -0.2) is 4.57 Å². The van der Waals surface area contributed by atoms with Crippen LogP contribution < -0.4 is 11.3 Å². The number of aromatic nitrogens is 1. The molecule has 0 amide bonds. The van der Waals surface area contributed by atoms with Gasteiger partial charge in [0.05, 0.1) is 5.52 Å². The fourth-order valence-electron chi connectivity index (χ4n) is 2.47. The number of pyridine rings is 1. The number of hydrogen-bond acceptors (Lipinski definition) is 2. The van der Waals surface area contributed by atoms with E-state index < -0.39 is 0 Å². The third-order valence-electron chi connectivity index (χ3n) is 3.85. The van der Waals surface area contributed by atoms with E-state index in [0.717, 1.165) is 16.5 Å². The molecule has 2 N–H and O–H groups in total. The first-order valence-electron chi connectivity index (χ1n) is 6.60. The fourth-order valence-corrected chi connectivity index (χ4v) is 2.47. The molecule has 2 rings (SSSR count). The number of nitrogens with zero attached hydrogens (tertiary/aromatic N) is 1. The molecule has 0 aliphatic carbocycles. The second kappa shape index (κ2) is 4.49. The van der Waals surface area contributed by atoms with Gasteiger partial charge >= 0.3 is 0 Å². The standard InChI is InChI=1S/C16H22N2O/c1-10-12-8-11(16(2,3)4)6-7-14(12)18(5)15(19)13(10)9-17/h6-8H,9,17H2,1-5H3. The summed E-state index contributed by atoms with van der Waals surface area (Å²) in [5.74, 6) is 0. The van der Waals surface area contributed by atoms with Gasteiger partial charge in [0.2, 0.25) is 0 Å². The zero-order valence-corrected chi connectivity index (χ0v) is 12.4. The zero-order valence-electron chi connectivity index (χ0n) is 12.4. The maximum Gasteiger partial charge on any atom is 0.255 e. The van der Waals surface area contributed by atoms with E-state index >= 15 is 0 Å². The smallest absolute Gasteiger partial charge is 0.255 e. The Labute approximate surface area is 114 Å². The van der Waals surface area contributed by atoms with Crippen molar-refractivity contribution >= 4 is 10.9 Å². The Morgan fingerprint density at radius 2 is 1.89 bits per heavy atom. The molecule has 0 bridgehead atoms. The molecule has 1 aromatic heterocycles. The van der Waals surface area contributed by atoms with Gasteiger partial charge in [-0.15, -0.1) is 0 Å². The van der Waals surface area contributed by atoms with Crippen LogP contribution in [0, 0.1) is 6.92 Å². The molecule has 0 unspecified atom stereocenters. The number of fused-ring (bicyclic) bond motifs is 1. The van der Waals surface area contributed by atoms with Gasteiger partial charge in [-0.05, 0) is 35.6 Å². The van der Waals surface area contributed by atoms with Crippen molar-refractivity contribution in [3.05, 3.63) is 45.2 Å². The molecule has 0 saturated carbocycles. The van der Waals surface area contributed by atoms with E-state index in [4.69, 9.17) is 5.73 Å². The van der Waals surface area contributed by atoms with Gasteiger partial charge in [-0.3, -0.25) is 4.79 Å². The van der Waals surface area contributed by atoms with Crippen molar-refractivity contribution in [2.75, 3.05) is 0 Å². The Kier molecular flexibility index (Phi) is 3.27. The van der Waals surface area contributed by atoms with Crippen molar-refractivity contribution in [2.45, 2.75) is 39.7 Å². The van der Waals surface area contributed by atoms with Crippen molar-refractivity contribution in [1.29, 1.82) is 0 Å². The highest BCUT2D eigenvalue weighted by molar-refractivity contribution is 5.84. The summed E-state index contributed by atoms with van der Waals surface area (Å²) in [7, 11) is 1.81. The lowest BCUT2D eigenvalue weighted by molar-refractivity contribution is 0.591. The molecule has 3 nitrogen and oxygen atoms in total. The molecule has 0 aliphatic rings. The summed E-state index contributed by atoms with van der Waals surface area (Å²) in [5, 5.41) is 1.12. The molecule has 2 aromatic rings. The quantitative estimate of drug-likeness (QED) is 0.854. The molecule has 0 spiro atoms. The van der Waals surface area contributed by atoms with Gasteiger partial charge < -0.3 is 10.3 Å². The molecule has 1 aromatic carbocycles. The van der Waals surface area contributed by atoms with E-state index in [1.165, 1.54) is 5.56 Å². The third kappa shape index (κ3) is 2.19. The second-order valence-corrected chi connectivity index (χ2v) is 6.15. The van der Waals surface area contributed by atoms with Crippen LogP contribution in [0.15, 0.2) is 23.0 Å². The van der Waals surface area contributed by atoms with E-state index in [9.17, 15) is 4.79 Å². The Morgan fingerprint density at radius 3 is 2.42 bits per heavy atom. The number of hydrogen-bond donors (Lipinski definition) is 1. The molecule has 0 atom stereocenters. The maximum atomic E-state index is 12.2. The molecule has 102 valence electrons. The molecular weight excluding hydrogens is 236 g/mol. The maximum absolute atomic E-state index is 12.2. The minimum absolute atomic E-state index is 0.0102. The molecule has 19 heavy (non-hydrogen) atoms. The topological polar surface area (TPSA) is 48.0 Å². The number of nitrogens with two attached hydrogens (primary N) is 1. The van der Waals surface area contributed by atoms with Gasteiger partial charge in [-0.2, -0.15) is 0 Å². The molecule has 0 saturated heterocycles. The van der Waals surface area contributed by atoms with Crippen molar-refractivity contribution in [1.82, 2.24) is 4.57 Å². The Morgan fingerprint density at radius 1 is 1.26 bits per heavy atom. The Bertz CT molecular complexity index is 690. The van der Waals surface area contributed by atoms with E-state index in [1.54, 1.807) is 11.6 Å². The molecule has 0 aliphatic heterocycles. The lowest BCUT2D eigenvalue weighted by Gasteiger charge is -2.21. The van der Waals surface area contributed by atoms with Gasteiger partial charge in [0.1, 0.15) is 0 Å². The first-order valence-corrected chi connectivity index (χ1v) is 6.60. The summed E-state index contributed by atoms with van der Waals surface area (Å²) >= 11 is 0. The zero-order chi connectivity index (χ0) is 14.4. The molecular formula is C16H22N2O. The lowest BCUT2D eigenvalue weighted by Crippen LogP contribution is -2.25. The lowest BCUT2D eigenvalue weighted by atomic mass is 9.85. The van der Waals surface area contributed by atoms with Crippen LogP contribution in [0.4, 0.5) is 0 Å². The second-order valence-electron chi connectivity index (χ2n) is 6.15. The van der Waals surface area contributed by atoms with Crippen LogP contribution in [0.2, 0.25) is 0 Å². The number of aryl methyl sites for hydroxylation is 2. The van der Waals surface area contributed by atoms with Crippen LogP contribution in [0.3, 0.4) is 0 Å². The third-order valence-corrected chi connectivity index (χ3v) is 3.85. The van der Waals surface area contributed by atoms with E-state index in [0.29, 0.717) is 5.56 Å². The monoisotopic (exact) mass is 258 g/mol. The van der Waals surface area contributed by atoms with Gasteiger partial charge in [0, 0.05) is 24.5 Å². The first-order chi connectivity index (χ1) is 8.77. The largest absolute Gasteiger partial charge is 0.326 e. The molecule has 0 fully saturated rings. The van der Waals surface area contributed by atoms with Gasteiger partial charge in [-0.25, -0.2) is 0 Å². The fraction of sp³-hybridized carbons (Fsp3) is 0.438. The molecule has 1 heterocycles. The predicted molar refractivity (Wildman–Crippen MR) is 80.5 cm³/mol. The summed E-state index contributed by atoms with van der Waals surface area (Å²) in [4.78, 5) is 12.2. The van der Waals surface area contributed by atoms with Crippen molar-refractivity contribution in [3.8, 4) is 0 Å². The van der Waals surface area contributed by atoms with E-state index in [1.807, 2.05) is 13.0 Å². The molecule has 3 heteroatoms. The van der Waals surface area contributed by atoms with Gasteiger partial charge in [0.15, 0.2) is 0 Å². The first kappa shape index (κ1) is 13.8. The van der Waals surface area contributed by atoms with Crippen LogP contribution in [0.25, 0.3) is 10.9 Å². The minimum Gasteiger partial charge on any atom is -0.326 e. The average molecular weight is 258 g/mol. The van der Waals surface area contributed by atoms with Gasteiger partial charge in [-0.1, -0.05) is 26.8 Å². The number of rotatable bonds is 1. The summed E-state index contributed by atoms with van der Waals surface area (Å²) in [6.45, 7) is 8.84. The van der Waals surface area contributed by atoms with Crippen molar-refractivity contribution in [3.63, 3.8) is 0 Å². The van der Waals surface area contributed by atoms with E-state index in [-0.39, 0.29) is 17.5 Å². The minimum atomic E-state index is 0.0102. The summed E-state index contributed by atoms with van der Waals surface area (Å²) in [6, 6.07) is 6.32. The van der Waals surface area contributed by atoms with Crippen LogP contribution in [0.5, 0.6) is 0 Å². The summed E-state index contributed by atoms with van der Waals surface area (Å²) in [6.07, 6.45) is 0. The summed E-state index contributed by atoms with van der Waals surface area (Å²) < 4.78 is 1.69. The summed E-state index contributed by atoms with van der Waals surface area (Å²) in [5.41, 5.74) is 9.78. The normalized spacial score (nSPS) is 12.1. The van der Waals surface area contributed by atoms with Crippen LogP contribution >= 0.6 is 0 Å². The van der Waals surface area contributed by atoms with Crippen molar-refractivity contribution < 1.29 is 0 Å². The predicted octanol–water partition coefficient (Wildman–Crippen LogP) is 2.60. The average Bonchev–Trinajstić information content (AvgIpc) is 2.35. The Balaban J connectivity index is 2.90. The Hall–Kier alpha value is -1.61. The van der Waals surface area contributed by atoms with Gasteiger partial charge in [0.25, 0.3) is 5.56 Å².